The molecule has 0 aliphatic heterocycles. The molecule has 0 saturated carbocycles. The third-order valence-corrected chi connectivity index (χ3v) is 6.37. The maximum atomic E-state index is 13.5. The van der Waals surface area contributed by atoms with Crippen molar-refractivity contribution in [2.24, 2.45) is 0 Å². The molecule has 0 amide bonds. The van der Waals surface area contributed by atoms with E-state index < -0.39 is 10.0 Å². The zero-order chi connectivity index (χ0) is 17.3. The van der Waals surface area contributed by atoms with Gasteiger partial charge in [-0.3, -0.25) is 0 Å². The molecule has 1 unspecified atom stereocenters. The molecule has 1 atom stereocenters. The van der Waals surface area contributed by atoms with Crippen LogP contribution in [0.5, 0.6) is 0 Å². The predicted octanol–water partition coefficient (Wildman–Crippen LogP) is 2.85. The number of benzene rings is 2. The number of rotatable bonds is 5. The summed E-state index contributed by atoms with van der Waals surface area (Å²) in [6.07, 6.45) is 1.80. The molecule has 2 aromatic carbocycles. The highest BCUT2D eigenvalue weighted by molar-refractivity contribution is 7.89. The van der Waals surface area contributed by atoms with Crippen molar-refractivity contribution in [1.82, 2.24) is 9.62 Å². The summed E-state index contributed by atoms with van der Waals surface area (Å²) in [7, 11) is -0.440. The Morgan fingerprint density at radius 2 is 1.96 bits per heavy atom. The van der Waals surface area contributed by atoms with Crippen molar-refractivity contribution in [1.29, 1.82) is 0 Å². The molecule has 2 aromatic rings. The molecular weight excluding hydrogens is 327 g/mol. The standard InChI is InChI=1S/C18H21FN2O2S/c1-21(2)24(22,23)18-6-4-3-5-14(18)12-20-17-10-8-13-7-9-15(19)11-16(13)17/h3-7,9,11,17,20H,8,10,12H2,1-2H3. The molecule has 0 saturated heterocycles. The molecule has 24 heavy (non-hydrogen) atoms. The van der Waals surface area contributed by atoms with Gasteiger partial charge in [-0.2, -0.15) is 0 Å². The molecule has 3 rings (SSSR count). The van der Waals surface area contributed by atoms with Crippen molar-refractivity contribution in [3.63, 3.8) is 0 Å². The average molecular weight is 348 g/mol. The maximum Gasteiger partial charge on any atom is 0.242 e. The summed E-state index contributed by atoms with van der Waals surface area (Å²) in [4.78, 5) is 0.306. The number of aryl methyl sites for hydroxylation is 1. The Morgan fingerprint density at radius 3 is 2.71 bits per heavy atom. The molecule has 0 fully saturated rings. The van der Waals surface area contributed by atoms with Crippen LogP contribution in [0.15, 0.2) is 47.4 Å². The Hall–Kier alpha value is -1.76. The molecule has 0 spiro atoms. The van der Waals surface area contributed by atoms with Crippen LogP contribution >= 0.6 is 0 Å². The Kier molecular flexibility index (Phi) is 4.71. The summed E-state index contributed by atoms with van der Waals surface area (Å²) in [5, 5.41) is 3.38. The van der Waals surface area contributed by atoms with E-state index in [4.69, 9.17) is 0 Å². The fourth-order valence-corrected chi connectivity index (χ4v) is 4.23. The lowest BCUT2D eigenvalue weighted by atomic mass is 10.1. The van der Waals surface area contributed by atoms with Gasteiger partial charge in [-0.1, -0.05) is 24.3 Å². The fraction of sp³-hybridized carbons (Fsp3) is 0.333. The van der Waals surface area contributed by atoms with Crippen molar-refractivity contribution < 1.29 is 12.8 Å². The molecule has 0 bridgehead atoms. The van der Waals surface area contributed by atoms with Crippen LogP contribution in [-0.4, -0.2) is 26.8 Å². The van der Waals surface area contributed by atoms with Crippen molar-refractivity contribution in [2.45, 2.75) is 30.3 Å². The van der Waals surface area contributed by atoms with E-state index in [0.717, 1.165) is 29.5 Å². The maximum absolute atomic E-state index is 13.5. The van der Waals surface area contributed by atoms with Crippen molar-refractivity contribution in [2.75, 3.05) is 14.1 Å². The second-order valence-corrected chi connectivity index (χ2v) is 8.33. The average Bonchev–Trinajstić information content (AvgIpc) is 2.95. The number of sulfonamides is 1. The minimum absolute atomic E-state index is 0.0471. The van der Waals surface area contributed by atoms with Gasteiger partial charge in [0.15, 0.2) is 0 Å². The van der Waals surface area contributed by atoms with Gasteiger partial charge < -0.3 is 5.32 Å². The molecule has 1 N–H and O–H groups in total. The van der Waals surface area contributed by atoms with Gasteiger partial charge in [0, 0.05) is 26.7 Å². The molecule has 4 nitrogen and oxygen atoms in total. The number of nitrogens with zero attached hydrogens (tertiary/aromatic N) is 1. The van der Waals surface area contributed by atoms with Gasteiger partial charge >= 0.3 is 0 Å². The van der Waals surface area contributed by atoms with E-state index in [2.05, 4.69) is 5.32 Å². The van der Waals surface area contributed by atoms with E-state index in [1.807, 2.05) is 18.2 Å². The second kappa shape index (κ2) is 6.63. The van der Waals surface area contributed by atoms with E-state index in [-0.39, 0.29) is 11.9 Å². The monoisotopic (exact) mass is 348 g/mol. The van der Waals surface area contributed by atoms with E-state index in [9.17, 15) is 12.8 Å². The van der Waals surface area contributed by atoms with Gasteiger partial charge in [0.2, 0.25) is 10.0 Å². The highest BCUT2D eigenvalue weighted by Gasteiger charge is 2.24. The minimum Gasteiger partial charge on any atom is -0.306 e. The van der Waals surface area contributed by atoms with Crippen LogP contribution in [0.3, 0.4) is 0 Å². The highest BCUT2D eigenvalue weighted by Crippen LogP contribution is 2.32. The SMILES string of the molecule is CN(C)S(=O)(=O)c1ccccc1CNC1CCc2ccc(F)cc21. The van der Waals surface area contributed by atoms with Gasteiger partial charge in [-0.05, 0) is 47.7 Å². The number of nitrogens with one attached hydrogen (secondary N) is 1. The van der Waals surface area contributed by atoms with Crippen LogP contribution in [0.4, 0.5) is 4.39 Å². The van der Waals surface area contributed by atoms with E-state index in [0.29, 0.717) is 11.4 Å². The van der Waals surface area contributed by atoms with Gasteiger partial charge in [-0.25, -0.2) is 17.1 Å². The van der Waals surface area contributed by atoms with E-state index in [1.54, 1.807) is 18.2 Å². The molecule has 0 aromatic heterocycles. The summed E-state index contributed by atoms with van der Waals surface area (Å²) in [5.74, 6) is -0.238. The molecule has 0 radical (unpaired) electrons. The lowest BCUT2D eigenvalue weighted by Gasteiger charge is -2.18. The Morgan fingerprint density at radius 1 is 1.21 bits per heavy atom. The largest absolute Gasteiger partial charge is 0.306 e. The van der Waals surface area contributed by atoms with Gasteiger partial charge in [0.1, 0.15) is 5.82 Å². The van der Waals surface area contributed by atoms with Crippen LogP contribution < -0.4 is 5.32 Å². The normalized spacial score (nSPS) is 17.2. The minimum atomic E-state index is -3.49. The fourth-order valence-electron chi connectivity index (χ4n) is 3.12. The van der Waals surface area contributed by atoms with Crippen molar-refractivity contribution >= 4 is 10.0 Å². The number of hydrogen-bond donors (Lipinski definition) is 1. The lowest BCUT2D eigenvalue weighted by molar-refractivity contribution is 0.509. The van der Waals surface area contributed by atoms with Crippen LogP contribution in [0.25, 0.3) is 0 Å². The van der Waals surface area contributed by atoms with Gasteiger partial charge in [0.25, 0.3) is 0 Å². The first-order valence-corrected chi connectivity index (χ1v) is 9.36. The van der Waals surface area contributed by atoms with Crippen LogP contribution in [-0.2, 0) is 23.0 Å². The Bertz CT molecular complexity index is 850. The number of halogens is 1. The van der Waals surface area contributed by atoms with Crippen LogP contribution in [0.1, 0.15) is 29.2 Å². The van der Waals surface area contributed by atoms with E-state index in [1.165, 1.54) is 24.5 Å². The summed E-state index contributed by atoms with van der Waals surface area (Å²) < 4.78 is 39.6. The second-order valence-electron chi connectivity index (χ2n) is 6.21. The number of hydrogen-bond acceptors (Lipinski definition) is 3. The highest BCUT2D eigenvalue weighted by atomic mass is 32.2. The molecule has 1 aliphatic carbocycles. The molecule has 0 heterocycles. The first-order chi connectivity index (χ1) is 11.4. The van der Waals surface area contributed by atoms with Gasteiger partial charge in [0.05, 0.1) is 4.90 Å². The lowest BCUT2D eigenvalue weighted by Crippen LogP contribution is -2.25. The molecular formula is C18H21FN2O2S. The Labute approximate surface area is 142 Å². The zero-order valence-electron chi connectivity index (χ0n) is 13.8. The molecule has 128 valence electrons. The molecule has 1 aliphatic rings. The third kappa shape index (κ3) is 3.22. The Balaban J connectivity index is 1.82. The first kappa shape index (κ1) is 17.1. The van der Waals surface area contributed by atoms with Crippen LogP contribution in [0.2, 0.25) is 0 Å². The topological polar surface area (TPSA) is 49.4 Å². The van der Waals surface area contributed by atoms with E-state index >= 15 is 0 Å². The van der Waals surface area contributed by atoms with Crippen molar-refractivity contribution in [3.8, 4) is 0 Å². The summed E-state index contributed by atoms with van der Waals surface area (Å²) in [6, 6.07) is 11.9. The zero-order valence-corrected chi connectivity index (χ0v) is 14.6. The summed E-state index contributed by atoms with van der Waals surface area (Å²) in [5.41, 5.74) is 2.85. The number of fused-ring (bicyclic) bond motifs is 1. The third-order valence-electron chi connectivity index (χ3n) is 4.46. The summed E-state index contributed by atoms with van der Waals surface area (Å²) >= 11 is 0. The molecule has 6 heteroatoms. The predicted molar refractivity (Wildman–Crippen MR) is 91.6 cm³/mol. The van der Waals surface area contributed by atoms with Crippen LogP contribution in [0, 0.1) is 5.82 Å². The first-order valence-electron chi connectivity index (χ1n) is 7.92. The summed E-state index contributed by atoms with van der Waals surface area (Å²) in [6.45, 7) is 0.420. The van der Waals surface area contributed by atoms with Gasteiger partial charge in [-0.15, -0.1) is 0 Å². The quantitative estimate of drug-likeness (QED) is 0.904. The van der Waals surface area contributed by atoms with Crippen molar-refractivity contribution in [3.05, 3.63) is 65.0 Å². The smallest absolute Gasteiger partial charge is 0.242 e.